The van der Waals surface area contributed by atoms with E-state index < -0.39 is 23.6 Å². The molecule has 0 aliphatic heterocycles. The van der Waals surface area contributed by atoms with Gasteiger partial charge >= 0.3 is 12.4 Å². The van der Waals surface area contributed by atoms with E-state index >= 15 is 0 Å². The van der Waals surface area contributed by atoms with Crippen molar-refractivity contribution in [2.45, 2.75) is 19.0 Å². The molecule has 4 aromatic rings. The van der Waals surface area contributed by atoms with Gasteiger partial charge in [0.15, 0.2) is 0 Å². The van der Waals surface area contributed by atoms with Crippen molar-refractivity contribution in [2.75, 3.05) is 7.11 Å². The number of alkyl halides is 6. The molecular weight excluding hydrogens is 478 g/mol. The lowest BCUT2D eigenvalue weighted by atomic mass is 10.1. The number of nitrogens with zero attached hydrogens (tertiary/aromatic N) is 3. The molecule has 0 bridgehead atoms. The Labute approximate surface area is 194 Å². The number of rotatable bonds is 6. The van der Waals surface area contributed by atoms with Gasteiger partial charge in [-0.1, -0.05) is 0 Å². The first-order chi connectivity index (χ1) is 16.5. The second kappa shape index (κ2) is 9.28. The van der Waals surface area contributed by atoms with E-state index in [2.05, 4.69) is 19.9 Å². The maximum absolute atomic E-state index is 12.7. The Bertz CT molecular complexity index is 1300. The van der Waals surface area contributed by atoms with E-state index in [1.165, 1.54) is 25.4 Å². The fraction of sp³-hybridized carbons (Fsp3) is 0.174. The molecule has 0 saturated carbocycles. The zero-order valence-corrected chi connectivity index (χ0v) is 17.9. The number of imidazole rings is 1. The van der Waals surface area contributed by atoms with Gasteiger partial charge in [-0.2, -0.15) is 26.3 Å². The molecule has 12 heteroatoms. The largest absolute Gasteiger partial charge is 0.496 e. The van der Waals surface area contributed by atoms with Crippen LogP contribution in [0.4, 0.5) is 26.3 Å². The number of ether oxygens (including phenoxy) is 2. The molecule has 0 saturated heterocycles. The van der Waals surface area contributed by atoms with Crippen LogP contribution >= 0.6 is 0 Å². The number of halogens is 6. The third-order valence-corrected chi connectivity index (χ3v) is 4.91. The van der Waals surface area contributed by atoms with Gasteiger partial charge in [0.05, 0.1) is 30.3 Å². The Morgan fingerprint density at radius 2 is 1.63 bits per heavy atom. The number of hydrogen-bond acceptors (Lipinski definition) is 5. The molecule has 4 rings (SSSR count). The number of hydrogen-bond donors (Lipinski definition) is 1. The molecule has 0 unspecified atom stereocenters. The molecule has 6 nitrogen and oxygen atoms in total. The van der Waals surface area contributed by atoms with Crippen molar-refractivity contribution in [2.24, 2.45) is 0 Å². The van der Waals surface area contributed by atoms with Crippen LogP contribution in [-0.2, 0) is 19.0 Å². The number of pyridine rings is 2. The van der Waals surface area contributed by atoms with Crippen molar-refractivity contribution < 1.29 is 35.8 Å². The summed E-state index contributed by atoms with van der Waals surface area (Å²) in [4.78, 5) is 14.4. The molecule has 182 valence electrons. The summed E-state index contributed by atoms with van der Waals surface area (Å²) in [5, 5.41) is 0. The maximum atomic E-state index is 12.7. The summed E-state index contributed by atoms with van der Waals surface area (Å²) in [5.41, 5.74) is -0.0366. The summed E-state index contributed by atoms with van der Waals surface area (Å²) >= 11 is 0. The normalized spacial score (nSPS) is 12.0. The quantitative estimate of drug-likeness (QED) is 0.325. The van der Waals surface area contributed by atoms with E-state index in [4.69, 9.17) is 9.47 Å². The lowest BCUT2D eigenvalue weighted by molar-refractivity contribution is -0.141. The summed E-state index contributed by atoms with van der Waals surface area (Å²) in [6, 6.07) is 9.18. The first-order valence-electron chi connectivity index (χ1n) is 9.96. The molecule has 1 N–H and O–H groups in total. The average Bonchev–Trinajstić information content (AvgIpc) is 3.32. The first kappa shape index (κ1) is 24.0. The molecule has 0 spiro atoms. The number of benzene rings is 1. The lowest BCUT2D eigenvalue weighted by Gasteiger charge is -2.11. The highest BCUT2D eigenvalue weighted by Crippen LogP contribution is 2.34. The van der Waals surface area contributed by atoms with Crippen molar-refractivity contribution in [3.8, 4) is 34.1 Å². The van der Waals surface area contributed by atoms with Gasteiger partial charge in [0.25, 0.3) is 0 Å². The summed E-state index contributed by atoms with van der Waals surface area (Å²) in [7, 11) is 1.44. The van der Waals surface area contributed by atoms with Crippen molar-refractivity contribution >= 4 is 0 Å². The van der Waals surface area contributed by atoms with Crippen LogP contribution in [-0.4, -0.2) is 27.0 Å². The standard InChI is InChI=1S/C23H16F6N4O2/c1-34-19-8-16(35-12-15-4-3-14(10-30-15)22(24,25)26)5-6-17(19)18-11-32-21(33-18)13-2-7-20(31-9-13)23(27,28)29/h2-11H,12H2,1H3,(H,32,33). The fourth-order valence-corrected chi connectivity index (χ4v) is 3.13. The van der Waals surface area contributed by atoms with E-state index in [0.717, 1.165) is 24.5 Å². The molecule has 35 heavy (non-hydrogen) atoms. The van der Waals surface area contributed by atoms with Crippen LogP contribution in [0.25, 0.3) is 22.6 Å². The highest BCUT2D eigenvalue weighted by Gasteiger charge is 2.32. The highest BCUT2D eigenvalue weighted by molar-refractivity contribution is 5.70. The van der Waals surface area contributed by atoms with Gasteiger partial charge in [-0.05, 0) is 36.4 Å². The maximum Gasteiger partial charge on any atom is 0.433 e. The van der Waals surface area contributed by atoms with E-state index in [1.807, 2.05) is 0 Å². The van der Waals surface area contributed by atoms with Crippen LogP contribution in [0.3, 0.4) is 0 Å². The van der Waals surface area contributed by atoms with E-state index in [-0.39, 0.29) is 6.61 Å². The van der Waals surface area contributed by atoms with E-state index in [1.54, 1.807) is 18.2 Å². The van der Waals surface area contributed by atoms with Gasteiger partial charge in [0.1, 0.15) is 29.6 Å². The summed E-state index contributed by atoms with van der Waals surface area (Å²) in [6.45, 7) is -0.0598. The number of H-pyrrole nitrogens is 1. The molecular formula is C23H16F6N4O2. The van der Waals surface area contributed by atoms with Gasteiger partial charge in [0, 0.05) is 29.6 Å². The molecule has 1 aromatic carbocycles. The molecule has 0 aliphatic carbocycles. The van der Waals surface area contributed by atoms with Crippen LogP contribution in [0.15, 0.2) is 61.1 Å². The molecule has 3 aromatic heterocycles. The molecule has 0 amide bonds. The zero-order chi connectivity index (χ0) is 25.2. The second-order valence-electron chi connectivity index (χ2n) is 7.26. The zero-order valence-electron chi connectivity index (χ0n) is 17.9. The van der Waals surface area contributed by atoms with Gasteiger partial charge in [-0.25, -0.2) is 4.98 Å². The third-order valence-electron chi connectivity index (χ3n) is 4.91. The van der Waals surface area contributed by atoms with Crippen LogP contribution in [0.5, 0.6) is 11.5 Å². The Balaban J connectivity index is 1.48. The molecule has 0 fully saturated rings. The average molecular weight is 494 g/mol. The van der Waals surface area contributed by atoms with E-state index in [0.29, 0.717) is 39.8 Å². The van der Waals surface area contributed by atoms with Gasteiger partial charge in [0.2, 0.25) is 0 Å². The van der Waals surface area contributed by atoms with Gasteiger partial charge < -0.3 is 14.5 Å². The van der Waals surface area contributed by atoms with Crippen molar-refractivity contribution in [1.82, 2.24) is 19.9 Å². The Hall–Kier alpha value is -4.09. The highest BCUT2D eigenvalue weighted by atomic mass is 19.4. The summed E-state index contributed by atoms with van der Waals surface area (Å²) < 4.78 is 87.1. The molecule has 0 aliphatic rings. The van der Waals surface area contributed by atoms with Crippen LogP contribution in [0.1, 0.15) is 17.0 Å². The number of nitrogens with one attached hydrogen (secondary N) is 1. The predicted octanol–water partition coefficient (Wildman–Crippen LogP) is 6.16. The predicted molar refractivity (Wildman–Crippen MR) is 112 cm³/mol. The topological polar surface area (TPSA) is 72.9 Å². The van der Waals surface area contributed by atoms with Gasteiger partial charge in [-0.15, -0.1) is 0 Å². The Morgan fingerprint density at radius 1 is 0.829 bits per heavy atom. The lowest BCUT2D eigenvalue weighted by Crippen LogP contribution is -2.07. The van der Waals surface area contributed by atoms with Crippen molar-refractivity contribution in [1.29, 1.82) is 0 Å². The summed E-state index contributed by atoms with van der Waals surface area (Å²) in [6.07, 6.45) is -5.69. The molecule has 0 radical (unpaired) electrons. The van der Waals surface area contributed by atoms with Crippen molar-refractivity contribution in [3.63, 3.8) is 0 Å². The number of methoxy groups -OCH3 is 1. The first-order valence-corrected chi connectivity index (χ1v) is 9.96. The minimum Gasteiger partial charge on any atom is -0.496 e. The minimum atomic E-state index is -4.54. The molecule has 3 heterocycles. The molecule has 0 atom stereocenters. The number of aromatic nitrogens is 4. The van der Waals surface area contributed by atoms with Gasteiger partial charge in [-0.3, -0.25) is 9.97 Å². The SMILES string of the molecule is COc1cc(OCc2ccc(C(F)(F)F)cn2)ccc1-c1cnc(-c2ccc(C(F)(F)F)nc2)[nH]1. The van der Waals surface area contributed by atoms with Crippen LogP contribution in [0.2, 0.25) is 0 Å². The fourth-order valence-electron chi connectivity index (χ4n) is 3.13. The smallest absolute Gasteiger partial charge is 0.433 e. The summed E-state index contributed by atoms with van der Waals surface area (Å²) in [5.74, 6) is 1.11. The van der Waals surface area contributed by atoms with E-state index in [9.17, 15) is 26.3 Å². The Morgan fingerprint density at radius 3 is 2.23 bits per heavy atom. The second-order valence-corrected chi connectivity index (χ2v) is 7.26. The van der Waals surface area contributed by atoms with Crippen molar-refractivity contribution in [3.05, 3.63) is 78.0 Å². The monoisotopic (exact) mass is 494 g/mol. The van der Waals surface area contributed by atoms with Crippen LogP contribution < -0.4 is 9.47 Å². The third kappa shape index (κ3) is 5.53. The Kier molecular flexibility index (Phi) is 6.37. The minimum absolute atomic E-state index is 0.0598. The van der Waals surface area contributed by atoms with Crippen LogP contribution in [0, 0.1) is 0 Å². The number of aromatic amines is 1.